The smallest absolute Gasteiger partial charge is 0.349 e. The minimum absolute atomic E-state index is 0.203. The normalized spacial score (nSPS) is 10.5. The number of nitrogens with zero attached hydrogens (tertiary/aromatic N) is 3. The second-order valence-electron chi connectivity index (χ2n) is 5.52. The molecular weight excluding hydrogens is 340 g/mol. The fraction of sp³-hybridized carbons (Fsp3) is 0.118. The fourth-order valence-corrected chi connectivity index (χ4v) is 2.72. The van der Waals surface area contributed by atoms with Crippen LogP contribution in [0.15, 0.2) is 42.5 Å². The van der Waals surface area contributed by atoms with Gasteiger partial charge < -0.3 is 4.74 Å². The molecule has 0 aliphatic rings. The van der Waals surface area contributed by atoms with Crippen LogP contribution in [0.2, 0.25) is 0 Å². The zero-order valence-electron chi connectivity index (χ0n) is 13.9. The highest BCUT2D eigenvalue weighted by Crippen LogP contribution is 2.37. The molecule has 3 aromatic rings. The number of hydrogen-bond donors (Lipinski definition) is 1. The van der Waals surface area contributed by atoms with Crippen molar-refractivity contribution >= 4 is 11.4 Å². The average Bonchev–Trinajstić information content (AvgIpc) is 3.10. The number of benzene rings is 2. The first-order valence-corrected chi connectivity index (χ1v) is 7.55. The highest BCUT2D eigenvalue weighted by molar-refractivity contribution is 5.76. The molecule has 0 unspecified atom stereocenters. The second kappa shape index (κ2) is 6.63. The van der Waals surface area contributed by atoms with Crippen LogP contribution in [0.3, 0.4) is 0 Å². The Morgan fingerprint density at radius 3 is 2.31 bits per heavy atom. The summed E-state index contributed by atoms with van der Waals surface area (Å²) in [5.74, 6) is 0.714. The van der Waals surface area contributed by atoms with E-state index in [0.717, 1.165) is 11.6 Å². The number of aromatic nitrogens is 2. The number of nitrogens with one attached hydrogen (secondary N) is 1. The first-order valence-electron chi connectivity index (χ1n) is 7.55. The largest absolute Gasteiger partial charge is 0.497 e. The van der Waals surface area contributed by atoms with Crippen molar-refractivity contribution in [3.63, 3.8) is 0 Å². The fourth-order valence-electron chi connectivity index (χ4n) is 2.72. The quantitative estimate of drug-likeness (QED) is 0.547. The molecule has 132 valence electrons. The number of methoxy groups -OCH3 is 1. The monoisotopic (exact) mass is 354 g/mol. The molecule has 0 amide bonds. The van der Waals surface area contributed by atoms with Crippen LogP contribution in [0.25, 0.3) is 22.5 Å². The van der Waals surface area contributed by atoms with Gasteiger partial charge in [0.15, 0.2) is 0 Å². The highest BCUT2D eigenvalue weighted by atomic mass is 16.6. The van der Waals surface area contributed by atoms with Crippen molar-refractivity contribution in [2.45, 2.75) is 6.92 Å². The SMILES string of the molecule is COc1ccc(-c2cc(-c3ccc([N+](=O)[O-])c([N+](=O)[O-])c3C)[nH]n2)cc1. The van der Waals surface area contributed by atoms with E-state index in [9.17, 15) is 20.2 Å². The minimum Gasteiger partial charge on any atom is -0.497 e. The average molecular weight is 354 g/mol. The van der Waals surface area contributed by atoms with Crippen molar-refractivity contribution in [3.05, 3.63) is 68.3 Å². The standard InChI is InChI=1S/C17H14N4O5/c1-10-13(7-8-16(20(22)23)17(10)21(24)25)15-9-14(18-19-15)11-3-5-12(26-2)6-4-11/h3-9H,1-2H3,(H,18,19). The van der Waals surface area contributed by atoms with Gasteiger partial charge in [-0.1, -0.05) is 0 Å². The molecule has 0 aliphatic carbocycles. The van der Waals surface area contributed by atoms with E-state index >= 15 is 0 Å². The summed E-state index contributed by atoms with van der Waals surface area (Å²) in [5.41, 5.74) is 1.64. The maximum atomic E-state index is 11.3. The molecule has 1 N–H and O–H groups in total. The summed E-state index contributed by atoms with van der Waals surface area (Å²) in [6.07, 6.45) is 0. The topological polar surface area (TPSA) is 124 Å². The summed E-state index contributed by atoms with van der Waals surface area (Å²) in [7, 11) is 1.58. The molecule has 9 nitrogen and oxygen atoms in total. The van der Waals surface area contributed by atoms with Crippen LogP contribution < -0.4 is 4.74 Å². The number of aromatic amines is 1. The Balaban J connectivity index is 2.05. The molecule has 0 fully saturated rings. The van der Waals surface area contributed by atoms with Crippen LogP contribution in [0, 0.1) is 27.2 Å². The number of nitro groups is 2. The predicted octanol–water partition coefficient (Wildman–Crippen LogP) is 3.88. The lowest BCUT2D eigenvalue weighted by Gasteiger charge is -2.04. The zero-order chi connectivity index (χ0) is 18.8. The van der Waals surface area contributed by atoms with Gasteiger partial charge >= 0.3 is 11.4 Å². The minimum atomic E-state index is -0.759. The molecule has 9 heteroatoms. The van der Waals surface area contributed by atoms with Gasteiger partial charge in [0, 0.05) is 22.8 Å². The molecule has 0 aliphatic heterocycles. The zero-order valence-corrected chi connectivity index (χ0v) is 13.9. The third-order valence-electron chi connectivity index (χ3n) is 4.04. The van der Waals surface area contributed by atoms with E-state index in [4.69, 9.17) is 4.74 Å². The summed E-state index contributed by atoms with van der Waals surface area (Å²) >= 11 is 0. The Bertz CT molecular complexity index is 995. The lowest BCUT2D eigenvalue weighted by molar-refractivity contribution is -0.422. The van der Waals surface area contributed by atoms with Gasteiger partial charge in [0.2, 0.25) is 0 Å². The maximum Gasteiger partial charge on any atom is 0.349 e. The predicted molar refractivity (Wildman–Crippen MR) is 94.1 cm³/mol. The van der Waals surface area contributed by atoms with Crippen molar-refractivity contribution in [1.29, 1.82) is 0 Å². The molecule has 0 bridgehead atoms. The van der Waals surface area contributed by atoms with Crippen molar-refractivity contribution in [2.75, 3.05) is 7.11 Å². The number of H-pyrrole nitrogens is 1. The summed E-state index contributed by atoms with van der Waals surface area (Å²) in [5, 5.41) is 29.4. The van der Waals surface area contributed by atoms with E-state index in [1.54, 1.807) is 25.3 Å². The van der Waals surface area contributed by atoms with Gasteiger partial charge in [-0.3, -0.25) is 25.3 Å². The molecular formula is C17H14N4O5. The molecule has 0 saturated heterocycles. The number of hydrogen-bond acceptors (Lipinski definition) is 6. The van der Waals surface area contributed by atoms with Crippen LogP contribution in [-0.4, -0.2) is 27.2 Å². The van der Waals surface area contributed by atoms with Crippen molar-refractivity contribution in [2.24, 2.45) is 0 Å². The third-order valence-corrected chi connectivity index (χ3v) is 4.04. The van der Waals surface area contributed by atoms with Gasteiger partial charge in [-0.2, -0.15) is 5.10 Å². The number of ether oxygens (including phenoxy) is 1. The van der Waals surface area contributed by atoms with Crippen molar-refractivity contribution < 1.29 is 14.6 Å². The molecule has 0 spiro atoms. The van der Waals surface area contributed by atoms with Gasteiger partial charge in [-0.15, -0.1) is 0 Å². The Hall–Kier alpha value is -3.75. The highest BCUT2D eigenvalue weighted by Gasteiger charge is 2.29. The summed E-state index contributed by atoms with van der Waals surface area (Å²) in [6, 6.07) is 11.6. The van der Waals surface area contributed by atoms with Crippen molar-refractivity contribution in [3.8, 4) is 28.3 Å². The van der Waals surface area contributed by atoms with Gasteiger partial charge in [-0.05, 0) is 43.3 Å². The first kappa shape index (κ1) is 17.1. The molecule has 0 radical (unpaired) electrons. The van der Waals surface area contributed by atoms with Crippen LogP contribution in [-0.2, 0) is 0 Å². The lowest BCUT2D eigenvalue weighted by Crippen LogP contribution is -2.00. The molecule has 3 rings (SSSR count). The van der Waals surface area contributed by atoms with Crippen LogP contribution in [0.4, 0.5) is 11.4 Å². The lowest BCUT2D eigenvalue weighted by atomic mass is 10.0. The van der Waals surface area contributed by atoms with E-state index in [0.29, 0.717) is 22.7 Å². The van der Waals surface area contributed by atoms with E-state index < -0.39 is 21.2 Å². The summed E-state index contributed by atoms with van der Waals surface area (Å²) < 4.78 is 5.11. The molecule has 2 aromatic carbocycles. The third kappa shape index (κ3) is 2.97. The van der Waals surface area contributed by atoms with Gasteiger partial charge in [-0.25, -0.2) is 0 Å². The molecule has 1 heterocycles. The second-order valence-corrected chi connectivity index (χ2v) is 5.52. The van der Waals surface area contributed by atoms with Crippen LogP contribution in [0.1, 0.15) is 5.56 Å². The van der Waals surface area contributed by atoms with E-state index in [-0.39, 0.29) is 5.56 Å². The van der Waals surface area contributed by atoms with E-state index in [1.165, 1.54) is 13.0 Å². The Morgan fingerprint density at radius 2 is 1.73 bits per heavy atom. The molecule has 0 saturated carbocycles. The molecule has 26 heavy (non-hydrogen) atoms. The van der Waals surface area contributed by atoms with Gasteiger partial charge in [0.05, 0.1) is 28.3 Å². The number of nitro benzene ring substituents is 2. The maximum absolute atomic E-state index is 11.3. The number of rotatable bonds is 5. The van der Waals surface area contributed by atoms with E-state index in [1.807, 2.05) is 12.1 Å². The molecule has 0 atom stereocenters. The summed E-state index contributed by atoms with van der Waals surface area (Å²) in [4.78, 5) is 20.8. The summed E-state index contributed by atoms with van der Waals surface area (Å²) in [6.45, 7) is 1.48. The molecule has 1 aromatic heterocycles. The van der Waals surface area contributed by atoms with Crippen molar-refractivity contribution in [1.82, 2.24) is 10.2 Å². The van der Waals surface area contributed by atoms with Gasteiger partial charge in [0.25, 0.3) is 0 Å². The van der Waals surface area contributed by atoms with Gasteiger partial charge in [0.1, 0.15) is 5.75 Å². The Labute approximate surface area is 147 Å². The van der Waals surface area contributed by atoms with Crippen LogP contribution >= 0.6 is 0 Å². The Morgan fingerprint density at radius 1 is 1.04 bits per heavy atom. The first-order chi connectivity index (χ1) is 12.4. The van der Waals surface area contributed by atoms with E-state index in [2.05, 4.69) is 10.2 Å². The van der Waals surface area contributed by atoms with Crippen LogP contribution in [0.5, 0.6) is 5.75 Å². The Kier molecular flexibility index (Phi) is 4.36.